The first-order valence-electron chi connectivity index (χ1n) is 5.56. The molecular formula is C14H11BrClF2N. The van der Waals surface area contributed by atoms with Crippen molar-refractivity contribution < 1.29 is 8.78 Å². The third-order valence-electron chi connectivity index (χ3n) is 2.93. The maximum Gasteiger partial charge on any atom is 0.137 e. The molecule has 5 heteroatoms. The summed E-state index contributed by atoms with van der Waals surface area (Å²) in [5.41, 5.74) is 7.61. The summed E-state index contributed by atoms with van der Waals surface area (Å²) >= 11 is 8.94. The zero-order chi connectivity index (χ0) is 14.2. The van der Waals surface area contributed by atoms with E-state index in [-0.39, 0.29) is 10.0 Å². The Morgan fingerprint density at radius 2 is 1.84 bits per heavy atom. The van der Waals surface area contributed by atoms with Crippen LogP contribution in [0.25, 0.3) is 0 Å². The van der Waals surface area contributed by atoms with Crippen LogP contribution in [0.2, 0.25) is 5.02 Å². The minimum absolute atomic E-state index is 0.0721. The lowest BCUT2D eigenvalue weighted by Crippen LogP contribution is -2.14. The van der Waals surface area contributed by atoms with E-state index in [1.165, 1.54) is 0 Å². The second-order valence-corrected chi connectivity index (χ2v) is 5.54. The van der Waals surface area contributed by atoms with Crippen LogP contribution in [-0.2, 0) is 0 Å². The molecule has 0 aromatic heterocycles. The molecule has 1 unspecified atom stereocenters. The van der Waals surface area contributed by atoms with Crippen molar-refractivity contribution in [2.75, 3.05) is 0 Å². The molecule has 0 saturated carbocycles. The second kappa shape index (κ2) is 5.57. The number of halogens is 4. The van der Waals surface area contributed by atoms with Crippen molar-refractivity contribution in [3.05, 3.63) is 68.2 Å². The average Bonchev–Trinajstić information content (AvgIpc) is 2.36. The Morgan fingerprint density at radius 3 is 2.47 bits per heavy atom. The smallest absolute Gasteiger partial charge is 0.137 e. The molecule has 0 spiro atoms. The van der Waals surface area contributed by atoms with E-state index in [1.807, 2.05) is 6.92 Å². The molecule has 19 heavy (non-hydrogen) atoms. The van der Waals surface area contributed by atoms with Crippen molar-refractivity contribution in [3.8, 4) is 0 Å². The van der Waals surface area contributed by atoms with Crippen molar-refractivity contribution in [1.29, 1.82) is 0 Å². The molecule has 1 nitrogen and oxygen atoms in total. The normalized spacial score (nSPS) is 12.5. The van der Waals surface area contributed by atoms with Gasteiger partial charge >= 0.3 is 0 Å². The highest BCUT2D eigenvalue weighted by molar-refractivity contribution is 9.10. The van der Waals surface area contributed by atoms with Crippen molar-refractivity contribution in [2.24, 2.45) is 5.73 Å². The van der Waals surface area contributed by atoms with Gasteiger partial charge in [0.1, 0.15) is 11.6 Å². The number of benzene rings is 2. The molecular weight excluding hydrogens is 336 g/mol. The minimum atomic E-state index is -0.763. The highest BCUT2D eigenvalue weighted by Crippen LogP contribution is 2.29. The molecule has 1 atom stereocenters. The van der Waals surface area contributed by atoms with Crippen LogP contribution < -0.4 is 5.73 Å². The number of hydrogen-bond acceptors (Lipinski definition) is 1. The molecule has 0 fully saturated rings. The van der Waals surface area contributed by atoms with E-state index in [1.54, 1.807) is 18.2 Å². The molecule has 0 bridgehead atoms. The fourth-order valence-electron chi connectivity index (χ4n) is 1.76. The highest BCUT2D eigenvalue weighted by Gasteiger charge is 2.17. The van der Waals surface area contributed by atoms with Gasteiger partial charge in [-0.1, -0.05) is 23.7 Å². The zero-order valence-electron chi connectivity index (χ0n) is 10.1. The van der Waals surface area contributed by atoms with Gasteiger partial charge in [-0.15, -0.1) is 0 Å². The third-order valence-corrected chi connectivity index (χ3v) is 3.94. The van der Waals surface area contributed by atoms with E-state index >= 15 is 0 Å². The van der Waals surface area contributed by atoms with E-state index in [4.69, 9.17) is 17.3 Å². The van der Waals surface area contributed by atoms with Crippen LogP contribution in [0, 0.1) is 18.6 Å². The minimum Gasteiger partial charge on any atom is -0.320 e. The van der Waals surface area contributed by atoms with E-state index in [9.17, 15) is 8.78 Å². The van der Waals surface area contributed by atoms with Crippen molar-refractivity contribution in [2.45, 2.75) is 13.0 Å². The Hall–Kier alpha value is -0.970. The van der Waals surface area contributed by atoms with Crippen LogP contribution in [0.4, 0.5) is 8.78 Å². The van der Waals surface area contributed by atoms with E-state index in [0.717, 1.165) is 17.7 Å². The molecule has 0 aliphatic heterocycles. The fourth-order valence-corrected chi connectivity index (χ4v) is 2.26. The predicted molar refractivity (Wildman–Crippen MR) is 76.3 cm³/mol. The Kier molecular flexibility index (Phi) is 4.23. The molecule has 0 aliphatic rings. The molecule has 2 rings (SSSR count). The number of nitrogens with two attached hydrogens (primary N) is 1. The zero-order valence-corrected chi connectivity index (χ0v) is 12.4. The lowest BCUT2D eigenvalue weighted by molar-refractivity contribution is 0.572. The summed E-state index contributed by atoms with van der Waals surface area (Å²) in [7, 11) is 0. The number of hydrogen-bond donors (Lipinski definition) is 1. The largest absolute Gasteiger partial charge is 0.320 e. The quantitative estimate of drug-likeness (QED) is 0.781. The maximum atomic E-state index is 13.8. The Labute approximate surface area is 123 Å². The topological polar surface area (TPSA) is 26.0 Å². The van der Waals surface area contributed by atoms with Crippen LogP contribution in [0.3, 0.4) is 0 Å². The van der Waals surface area contributed by atoms with Gasteiger partial charge in [-0.3, -0.25) is 0 Å². The summed E-state index contributed by atoms with van der Waals surface area (Å²) in [6.07, 6.45) is 0. The molecule has 0 heterocycles. The highest BCUT2D eigenvalue weighted by atomic mass is 79.9. The number of rotatable bonds is 2. The van der Waals surface area contributed by atoms with Gasteiger partial charge in [-0.2, -0.15) is 0 Å². The first-order valence-corrected chi connectivity index (χ1v) is 6.73. The predicted octanol–water partition coefficient (Wildman–Crippen LogP) is 4.74. The lowest BCUT2D eigenvalue weighted by Gasteiger charge is -2.15. The molecule has 100 valence electrons. The van der Waals surface area contributed by atoms with Gasteiger partial charge in [-0.05, 0) is 52.2 Å². The fraction of sp³-hybridized carbons (Fsp3) is 0.143. The summed E-state index contributed by atoms with van der Waals surface area (Å²) in [5.74, 6) is -1.11. The van der Waals surface area contributed by atoms with Crippen LogP contribution in [0.15, 0.2) is 34.8 Å². The Balaban J connectivity index is 2.46. The maximum absolute atomic E-state index is 13.8. The third kappa shape index (κ3) is 2.96. The van der Waals surface area contributed by atoms with Crippen LogP contribution in [-0.4, -0.2) is 0 Å². The Morgan fingerprint density at radius 1 is 1.16 bits per heavy atom. The molecule has 0 amide bonds. The van der Waals surface area contributed by atoms with E-state index < -0.39 is 17.7 Å². The van der Waals surface area contributed by atoms with Gasteiger partial charge in [-0.25, -0.2) is 8.78 Å². The van der Waals surface area contributed by atoms with Gasteiger partial charge in [0.15, 0.2) is 0 Å². The van der Waals surface area contributed by atoms with Crippen LogP contribution in [0.5, 0.6) is 0 Å². The molecule has 2 aromatic rings. The van der Waals surface area contributed by atoms with Gasteiger partial charge < -0.3 is 5.73 Å². The van der Waals surface area contributed by atoms with E-state index in [2.05, 4.69) is 15.9 Å². The molecule has 0 saturated heterocycles. The molecule has 0 radical (unpaired) electrons. The SMILES string of the molecule is Cc1ccc(C(N)c2cc(F)c(Br)cc2F)cc1Cl. The van der Waals surface area contributed by atoms with Crippen LogP contribution >= 0.6 is 27.5 Å². The van der Waals surface area contributed by atoms with Gasteiger partial charge in [0.25, 0.3) is 0 Å². The van der Waals surface area contributed by atoms with Gasteiger partial charge in [0, 0.05) is 10.6 Å². The van der Waals surface area contributed by atoms with Gasteiger partial charge in [0.2, 0.25) is 0 Å². The summed E-state index contributed by atoms with van der Waals surface area (Å²) in [5, 5.41) is 0.547. The first kappa shape index (κ1) is 14.4. The van der Waals surface area contributed by atoms with Crippen molar-refractivity contribution in [3.63, 3.8) is 0 Å². The lowest BCUT2D eigenvalue weighted by atomic mass is 9.98. The summed E-state index contributed by atoms with van der Waals surface area (Å²) in [6.45, 7) is 1.86. The summed E-state index contributed by atoms with van der Waals surface area (Å²) < 4.78 is 27.4. The van der Waals surface area contributed by atoms with Crippen LogP contribution in [0.1, 0.15) is 22.7 Å². The standard InChI is InChI=1S/C14H11BrClF2N/c1-7-2-3-8(4-11(7)16)14(19)9-5-13(18)10(15)6-12(9)17/h2-6,14H,19H2,1H3. The van der Waals surface area contributed by atoms with Gasteiger partial charge in [0.05, 0.1) is 10.5 Å². The summed E-state index contributed by atoms with van der Waals surface area (Å²) in [4.78, 5) is 0. The second-order valence-electron chi connectivity index (χ2n) is 4.27. The van der Waals surface area contributed by atoms with Crippen molar-refractivity contribution >= 4 is 27.5 Å². The Bertz CT molecular complexity index is 631. The summed E-state index contributed by atoms with van der Waals surface area (Å²) in [6, 6.07) is 6.62. The monoisotopic (exact) mass is 345 g/mol. The molecule has 2 N–H and O–H groups in total. The number of aryl methyl sites for hydroxylation is 1. The molecule has 2 aromatic carbocycles. The average molecular weight is 347 g/mol. The van der Waals surface area contributed by atoms with Crippen molar-refractivity contribution in [1.82, 2.24) is 0 Å². The first-order chi connectivity index (χ1) is 8.90. The van der Waals surface area contributed by atoms with E-state index in [0.29, 0.717) is 10.6 Å². The molecule has 0 aliphatic carbocycles.